The fourth-order valence-corrected chi connectivity index (χ4v) is 6.88. The van der Waals surface area contributed by atoms with Crippen LogP contribution in [0.3, 0.4) is 0 Å². The number of aliphatic hydroxyl groups excluding tert-OH is 1. The number of fused-ring (bicyclic) bond motifs is 3. The molecule has 2 aromatic carbocycles. The van der Waals surface area contributed by atoms with Crippen molar-refractivity contribution in [3.8, 4) is 11.5 Å². The third-order valence-electron chi connectivity index (χ3n) is 7.07. The van der Waals surface area contributed by atoms with Gasteiger partial charge in [0.15, 0.2) is 11.5 Å². The van der Waals surface area contributed by atoms with E-state index < -0.39 is 18.2 Å². The summed E-state index contributed by atoms with van der Waals surface area (Å²) in [6.45, 7) is 3.80. The van der Waals surface area contributed by atoms with E-state index >= 15 is 0 Å². The number of aryl methyl sites for hydroxylation is 1. The van der Waals surface area contributed by atoms with Crippen LogP contribution in [0.4, 0.5) is 0 Å². The minimum absolute atomic E-state index is 0.0790. The van der Waals surface area contributed by atoms with Crippen LogP contribution in [0.2, 0.25) is 10.0 Å². The molecule has 0 amide bonds. The number of hydrogen-bond donors (Lipinski definition) is 1. The van der Waals surface area contributed by atoms with Crippen LogP contribution in [0.5, 0.6) is 11.5 Å². The number of halogens is 2. The van der Waals surface area contributed by atoms with Crippen molar-refractivity contribution in [3.05, 3.63) is 62.7 Å². The maximum atomic E-state index is 12.9. The molecule has 0 bridgehead atoms. The number of carbonyl (C=O) groups is 1. The molecule has 3 aliphatic heterocycles. The molecule has 1 N–H and O–H groups in total. The Hall–Kier alpha value is -1.90. The van der Waals surface area contributed by atoms with Gasteiger partial charge in [-0.05, 0) is 54.3 Å². The molecule has 34 heavy (non-hydrogen) atoms. The highest BCUT2D eigenvalue weighted by molar-refractivity contribution is 8.00. The number of carbonyl (C=O) groups excluding carboxylic acids is 1. The number of rotatable bonds is 4. The summed E-state index contributed by atoms with van der Waals surface area (Å²) in [5.74, 6) is 0.946. The molecule has 6 nitrogen and oxygen atoms in total. The van der Waals surface area contributed by atoms with Gasteiger partial charge in [-0.1, -0.05) is 34.9 Å². The third-order valence-corrected chi connectivity index (χ3v) is 8.93. The lowest BCUT2D eigenvalue weighted by Crippen LogP contribution is -2.51. The summed E-state index contributed by atoms with van der Waals surface area (Å²) in [7, 11) is 0. The molecule has 6 rings (SSSR count). The quantitative estimate of drug-likeness (QED) is 0.356. The van der Waals surface area contributed by atoms with Crippen LogP contribution in [0.15, 0.2) is 40.8 Å². The Labute approximate surface area is 211 Å². The number of esters is 1. The van der Waals surface area contributed by atoms with Crippen LogP contribution in [0.25, 0.3) is 0 Å². The van der Waals surface area contributed by atoms with Crippen LogP contribution in [0, 0.1) is 6.92 Å². The largest absolute Gasteiger partial charge is 0.458 e. The topological polar surface area (TPSA) is 68.2 Å². The molecule has 9 heteroatoms. The SMILES string of the molecule is Cc1cc(SCC(=O)OC2C(O)C=C3CCN4Cc5cc6c(cc5C2C34)OCO6)c(Cl)cc1Cl. The Balaban J connectivity index is 1.27. The third kappa shape index (κ3) is 3.78. The highest BCUT2D eigenvalue weighted by Crippen LogP contribution is 2.50. The number of thioether (sulfide) groups is 1. The number of ether oxygens (including phenoxy) is 3. The lowest BCUT2D eigenvalue weighted by Gasteiger charge is -2.45. The minimum atomic E-state index is -0.872. The molecule has 4 unspecified atom stereocenters. The molecule has 178 valence electrons. The van der Waals surface area contributed by atoms with E-state index in [0.29, 0.717) is 15.8 Å². The van der Waals surface area contributed by atoms with Crippen LogP contribution < -0.4 is 9.47 Å². The van der Waals surface area contributed by atoms with Gasteiger partial charge in [0.05, 0.1) is 10.8 Å². The first-order valence-corrected chi connectivity index (χ1v) is 13.0. The Morgan fingerprint density at radius 3 is 2.82 bits per heavy atom. The van der Waals surface area contributed by atoms with Gasteiger partial charge in [0.1, 0.15) is 12.2 Å². The summed E-state index contributed by atoms with van der Waals surface area (Å²) < 4.78 is 17.2. The summed E-state index contributed by atoms with van der Waals surface area (Å²) in [5.41, 5.74) is 4.28. The predicted octanol–water partition coefficient (Wildman–Crippen LogP) is 4.71. The standard InChI is InChI=1S/C25H23Cl2NO5S/c1-12-4-21(17(27)8-16(12)26)34-10-22(30)33-25-18(29)5-13-2-3-28-9-14-6-19-20(32-11-31-19)7-15(14)23(25)24(13)28/h4-8,18,23-25,29H,2-3,9-11H2,1H3. The van der Waals surface area contributed by atoms with E-state index in [4.69, 9.17) is 37.4 Å². The van der Waals surface area contributed by atoms with Crippen LogP contribution in [-0.2, 0) is 16.1 Å². The Morgan fingerprint density at radius 2 is 2.00 bits per heavy atom. The van der Waals surface area contributed by atoms with Gasteiger partial charge >= 0.3 is 5.97 Å². The van der Waals surface area contributed by atoms with E-state index in [1.165, 1.54) is 17.3 Å². The van der Waals surface area contributed by atoms with E-state index in [1.54, 1.807) is 6.07 Å². The second kappa shape index (κ2) is 8.64. The minimum Gasteiger partial charge on any atom is -0.458 e. The molecule has 1 aliphatic carbocycles. The molecule has 0 saturated carbocycles. The highest BCUT2D eigenvalue weighted by atomic mass is 35.5. The fourth-order valence-electron chi connectivity index (χ4n) is 5.54. The highest BCUT2D eigenvalue weighted by Gasteiger charge is 2.50. The van der Waals surface area contributed by atoms with Gasteiger partial charge in [0, 0.05) is 35.0 Å². The first kappa shape index (κ1) is 22.6. The normalized spacial score (nSPS) is 26.6. The average Bonchev–Trinajstić information content (AvgIpc) is 3.42. The number of aliphatic hydroxyl groups is 1. The Kier molecular flexibility index (Phi) is 5.73. The molecule has 0 aromatic heterocycles. The first-order chi connectivity index (χ1) is 16.4. The van der Waals surface area contributed by atoms with Crippen molar-refractivity contribution in [3.63, 3.8) is 0 Å². The van der Waals surface area contributed by atoms with Crippen molar-refractivity contribution in [1.29, 1.82) is 0 Å². The molecule has 3 heterocycles. The second-order valence-electron chi connectivity index (χ2n) is 9.10. The van der Waals surface area contributed by atoms with Gasteiger partial charge in [-0.3, -0.25) is 9.69 Å². The fraction of sp³-hybridized carbons (Fsp3) is 0.400. The number of benzene rings is 2. The second-order valence-corrected chi connectivity index (χ2v) is 10.9. The van der Waals surface area contributed by atoms with Gasteiger partial charge in [0.25, 0.3) is 0 Å². The molecule has 2 aromatic rings. The smallest absolute Gasteiger partial charge is 0.316 e. The van der Waals surface area contributed by atoms with E-state index in [0.717, 1.165) is 46.8 Å². The summed E-state index contributed by atoms with van der Waals surface area (Å²) in [4.78, 5) is 16.1. The van der Waals surface area contributed by atoms with Gasteiger partial charge in [-0.25, -0.2) is 0 Å². The van der Waals surface area contributed by atoms with Gasteiger partial charge in [0.2, 0.25) is 6.79 Å². The zero-order valence-corrected chi connectivity index (χ0v) is 20.8. The van der Waals surface area contributed by atoms with Crippen LogP contribution in [-0.4, -0.2) is 53.3 Å². The Morgan fingerprint density at radius 1 is 1.21 bits per heavy atom. The number of nitrogens with zero attached hydrogens (tertiary/aromatic N) is 1. The molecular formula is C25H23Cl2NO5S. The van der Waals surface area contributed by atoms with Crippen molar-refractivity contribution >= 4 is 40.9 Å². The van der Waals surface area contributed by atoms with E-state index in [1.807, 2.05) is 31.2 Å². The molecule has 0 radical (unpaired) electrons. The molecule has 4 aliphatic rings. The summed E-state index contributed by atoms with van der Waals surface area (Å²) in [5, 5.41) is 12.1. The van der Waals surface area contributed by atoms with Crippen molar-refractivity contribution < 1.29 is 24.1 Å². The maximum Gasteiger partial charge on any atom is 0.316 e. The van der Waals surface area contributed by atoms with Crippen LogP contribution >= 0.6 is 35.0 Å². The van der Waals surface area contributed by atoms with Gasteiger partial charge in [-0.2, -0.15) is 0 Å². The Bertz CT molecular complexity index is 1220. The van der Waals surface area contributed by atoms with Crippen molar-refractivity contribution in [1.82, 2.24) is 4.90 Å². The first-order valence-electron chi connectivity index (χ1n) is 11.2. The zero-order valence-electron chi connectivity index (χ0n) is 18.4. The van der Waals surface area contributed by atoms with Crippen molar-refractivity contribution in [2.45, 2.75) is 49.0 Å². The lowest BCUT2D eigenvalue weighted by atomic mass is 9.73. The van der Waals surface area contributed by atoms with Gasteiger partial charge in [-0.15, -0.1) is 11.8 Å². The molecule has 0 spiro atoms. The lowest BCUT2D eigenvalue weighted by molar-refractivity contribution is -0.153. The monoisotopic (exact) mass is 519 g/mol. The number of hydrogen-bond acceptors (Lipinski definition) is 7. The molecule has 4 atom stereocenters. The zero-order chi connectivity index (χ0) is 23.6. The summed E-state index contributed by atoms with van der Waals surface area (Å²) in [6, 6.07) is 7.68. The van der Waals surface area contributed by atoms with E-state index in [9.17, 15) is 9.90 Å². The molecule has 1 saturated heterocycles. The van der Waals surface area contributed by atoms with E-state index in [-0.39, 0.29) is 24.5 Å². The van der Waals surface area contributed by atoms with Crippen molar-refractivity contribution in [2.24, 2.45) is 0 Å². The van der Waals surface area contributed by atoms with Gasteiger partial charge < -0.3 is 19.3 Å². The summed E-state index contributed by atoms with van der Waals surface area (Å²) in [6.07, 6.45) is 1.22. The summed E-state index contributed by atoms with van der Waals surface area (Å²) >= 11 is 13.7. The molecular weight excluding hydrogens is 497 g/mol. The van der Waals surface area contributed by atoms with E-state index in [2.05, 4.69) is 4.90 Å². The van der Waals surface area contributed by atoms with Crippen LogP contribution in [0.1, 0.15) is 29.0 Å². The predicted molar refractivity (Wildman–Crippen MR) is 130 cm³/mol. The average molecular weight is 520 g/mol. The maximum absolute atomic E-state index is 12.9. The van der Waals surface area contributed by atoms with Crippen molar-refractivity contribution in [2.75, 3.05) is 19.1 Å². The molecule has 1 fully saturated rings.